The molecular formula is C20H30N4O6. The molecule has 30 heavy (non-hydrogen) atoms. The first-order valence-corrected chi connectivity index (χ1v) is 9.95. The zero-order valence-corrected chi connectivity index (χ0v) is 17.9. The van der Waals surface area contributed by atoms with Gasteiger partial charge in [0.1, 0.15) is 12.1 Å². The molecule has 1 aromatic heterocycles. The molecule has 0 aromatic carbocycles. The Labute approximate surface area is 175 Å². The van der Waals surface area contributed by atoms with Gasteiger partial charge in [0, 0.05) is 12.6 Å². The van der Waals surface area contributed by atoms with E-state index in [1.165, 1.54) is 24.3 Å². The molecule has 0 bridgehead atoms. The van der Waals surface area contributed by atoms with Gasteiger partial charge < -0.3 is 30.0 Å². The molecule has 10 nitrogen and oxygen atoms in total. The first kappa shape index (κ1) is 23.2. The van der Waals surface area contributed by atoms with E-state index in [1.807, 2.05) is 13.8 Å². The minimum absolute atomic E-state index is 0.0912. The number of ether oxygens (including phenoxy) is 1. The number of urea groups is 1. The van der Waals surface area contributed by atoms with Gasteiger partial charge in [0.15, 0.2) is 5.76 Å². The maximum atomic E-state index is 13.2. The fourth-order valence-corrected chi connectivity index (χ4v) is 3.37. The fourth-order valence-electron chi connectivity index (χ4n) is 3.37. The molecule has 1 aliphatic rings. The molecule has 2 heterocycles. The van der Waals surface area contributed by atoms with E-state index >= 15 is 0 Å². The van der Waals surface area contributed by atoms with Crippen LogP contribution >= 0.6 is 0 Å². The van der Waals surface area contributed by atoms with Crippen LogP contribution in [0.2, 0.25) is 0 Å². The van der Waals surface area contributed by atoms with Gasteiger partial charge >= 0.3 is 12.0 Å². The number of methoxy groups -OCH3 is 1. The number of hydrogen-bond donors (Lipinski definition) is 3. The number of esters is 1. The SMILES string of the molecule is COC(=O)[C@H](NC(=O)[C@@H]1[C@@H](NC(=O)NC(C)C)CCN1C(=O)c1ccco1)C(C)C. The van der Waals surface area contributed by atoms with Gasteiger partial charge in [-0.25, -0.2) is 9.59 Å². The maximum absolute atomic E-state index is 13.2. The van der Waals surface area contributed by atoms with Gasteiger partial charge in [-0.1, -0.05) is 13.8 Å². The number of carbonyl (C=O) groups excluding carboxylic acids is 4. The highest BCUT2D eigenvalue weighted by Gasteiger charge is 2.44. The second kappa shape index (κ2) is 10.1. The van der Waals surface area contributed by atoms with E-state index in [2.05, 4.69) is 16.0 Å². The van der Waals surface area contributed by atoms with Gasteiger partial charge in [0.25, 0.3) is 5.91 Å². The zero-order chi connectivity index (χ0) is 22.4. The van der Waals surface area contributed by atoms with Crippen LogP contribution in [0, 0.1) is 5.92 Å². The molecule has 1 saturated heterocycles. The molecular weight excluding hydrogens is 392 g/mol. The summed E-state index contributed by atoms with van der Waals surface area (Å²) in [6, 6.07) is 0.0384. The monoisotopic (exact) mass is 422 g/mol. The van der Waals surface area contributed by atoms with E-state index in [1.54, 1.807) is 19.9 Å². The summed E-state index contributed by atoms with van der Waals surface area (Å²) < 4.78 is 9.96. The average Bonchev–Trinajstić information content (AvgIpc) is 3.34. The Hall–Kier alpha value is -3.04. The van der Waals surface area contributed by atoms with E-state index in [9.17, 15) is 19.2 Å². The second-order valence-corrected chi connectivity index (χ2v) is 7.84. The number of likely N-dealkylation sites (tertiary alicyclic amines) is 1. The number of amides is 4. The summed E-state index contributed by atoms with van der Waals surface area (Å²) in [5, 5.41) is 8.15. The number of nitrogens with zero attached hydrogens (tertiary/aromatic N) is 1. The first-order valence-electron chi connectivity index (χ1n) is 9.95. The highest BCUT2D eigenvalue weighted by Crippen LogP contribution is 2.22. The van der Waals surface area contributed by atoms with Crippen molar-refractivity contribution in [1.29, 1.82) is 0 Å². The Morgan fingerprint density at radius 3 is 2.40 bits per heavy atom. The van der Waals surface area contributed by atoms with Crippen molar-refractivity contribution in [3.05, 3.63) is 24.2 Å². The van der Waals surface area contributed by atoms with Crippen molar-refractivity contribution in [2.75, 3.05) is 13.7 Å². The summed E-state index contributed by atoms with van der Waals surface area (Å²) in [5.41, 5.74) is 0. The lowest BCUT2D eigenvalue weighted by atomic mass is 10.0. The normalized spacial score (nSPS) is 19.5. The molecule has 0 aliphatic carbocycles. The van der Waals surface area contributed by atoms with Gasteiger partial charge in [-0.3, -0.25) is 9.59 Å². The van der Waals surface area contributed by atoms with Crippen LogP contribution in [-0.4, -0.2) is 66.5 Å². The van der Waals surface area contributed by atoms with Gasteiger partial charge in [-0.2, -0.15) is 0 Å². The molecule has 3 N–H and O–H groups in total. The van der Waals surface area contributed by atoms with E-state index in [-0.39, 0.29) is 24.3 Å². The van der Waals surface area contributed by atoms with Crippen LogP contribution < -0.4 is 16.0 Å². The van der Waals surface area contributed by atoms with Crippen LogP contribution in [0.4, 0.5) is 4.79 Å². The quantitative estimate of drug-likeness (QED) is 0.560. The van der Waals surface area contributed by atoms with Crippen molar-refractivity contribution in [2.45, 2.75) is 58.3 Å². The molecule has 1 aromatic rings. The highest BCUT2D eigenvalue weighted by molar-refractivity contribution is 5.97. The van der Waals surface area contributed by atoms with Crippen LogP contribution in [-0.2, 0) is 14.3 Å². The Morgan fingerprint density at radius 1 is 1.17 bits per heavy atom. The number of hydrogen-bond acceptors (Lipinski definition) is 6. The highest BCUT2D eigenvalue weighted by atomic mass is 16.5. The van der Waals surface area contributed by atoms with Crippen molar-refractivity contribution in [3.8, 4) is 0 Å². The summed E-state index contributed by atoms with van der Waals surface area (Å²) in [6.45, 7) is 7.42. The standard InChI is InChI=1S/C20H30N4O6/c1-11(2)15(19(27)29-5)23-17(25)16-13(22-20(28)21-12(3)4)8-9-24(16)18(26)14-7-6-10-30-14/h6-7,10-13,15-16H,8-9H2,1-5H3,(H,23,25)(H2,21,22,28)/t13-,15+,16-/m0/s1. The van der Waals surface area contributed by atoms with Crippen molar-refractivity contribution in [2.24, 2.45) is 5.92 Å². The van der Waals surface area contributed by atoms with Crippen LogP contribution in [0.25, 0.3) is 0 Å². The zero-order valence-electron chi connectivity index (χ0n) is 17.9. The minimum atomic E-state index is -1.01. The van der Waals surface area contributed by atoms with E-state index in [4.69, 9.17) is 9.15 Å². The van der Waals surface area contributed by atoms with Crippen molar-refractivity contribution in [1.82, 2.24) is 20.9 Å². The molecule has 0 spiro atoms. The summed E-state index contributed by atoms with van der Waals surface area (Å²) >= 11 is 0. The molecule has 1 fully saturated rings. The molecule has 3 atom stereocenters. The Kier molecular flexibility index (Phi) is 7.85. The lowest BCUT2D eigenvalue weighted by molar-refractivity contribution is -0.146. The number of furan rings is 1. The predicted octanol–water partition coefficient (Wildman–Crippen LogP) is 0.884. The van der Waals surface area contributed by atoms with E-state index in [0.717, 1.165) is 0 Å². The largest absolute Gasteiger partial charge is 0.467 e. The Balaban J connectivity index is 2.26. The molecule has 0 saturated carbocycles. The van der Waals surface area contributed by atoms with Crippen LogP contribution in [0.5, 0.6) is 0 Å². The second-order valence-electron chi connectivity index (χ2n) is 7.84. The Morgan fingerprint density at radius 2 is 1.87 bits per heavy atom. The van der Waals surface area contributed by atoms with Crippen molar-refractivity contribution < 1.29 is 28.3 Å². The molecule has 0 radical (unpaired) electrons. The molecule has 166 valence electrons. The smallest absolute Gasteiger partial charge is 0.328 e. The topological polar surface area (TPSA) is 130 Å². The Bertz CT molecular complexity index is 761. The predicted molar refractivity (Wildman–Crippen MR) is 108 cm³/mol. The van der Waals surface area contributed by atoms with Gasteiger partial charge in [-0.15, -0.1) is 0 Å². The maximum Gasteiger partial charge on any atom is 0.328 e. The van der Waals surface area contributed by atoms with Gasteiger partial charge in [0.05, 0.1) is 19.4 Å². The van der Waals surface area contributed by atoms with Gasteiger partial charge in [0.2, 0.25) is 5.91 Å². The van der Waals surface area contributed by atoms with E-state index < -0.39 is 41.9 Å². The summed E-state index contributed by atoms with van der Waals surface area (Å²) in [4.78, 5) is 51.7. The third kappa shape index (κ3) is 5.52. The minimum Gasteiger partial charge on any atom is -0.467 e. The molecule has 2 rings (SSSR count). The molecule has 0 unspecified atom stereocenters. The lowest BCUT2D eigenvalue weighted by Crippen LogP contribution is -2.59. The lowest BCUT2D eigenvalue weighted by Gasteiger charge is -2.29. The van der Waals surface area contributed by atoms with Crippen LogP contribution in [0.15, 0.2) is 22.8 Å². The summed E-state index contributed by atoms with van der Waals surface area (Å²) in [5.74, 6) is -1.73. The third-order valence-corrected chi connectivity index (χ3v) is 4.82. The van der Waals surface area contributed by atoms with Crippen molar-refractivity contribution in [3.63, 3.8) is 0 Å². The van der Waals surface area contributed by atoms with Crippen molar-refractivity contribution >= 4 is 23.8 Å². The molecule has 1 aliphatic heterocycles. The number of nitrogens with one attached hydrogen (secondary N) is 3. The fraction of sp³-hybridized carbons (Fsp3) is 0.600. The van der Waals surface area contributed by atoms with Gasteiger partial charge in [-0.05, 0) is 38.3 Å². The number of rotatable bonds is 7. The summed E-state index contributed by atoms with van der Waals surface area (Å²) in [6.07, 6.45) is 1.75. The molecule has 10 heteroatoms. The summed E-state index contributed by atoms with van der Waals surface area (Å²) in [7, 11) is 1.24. The van der Waals surface area contributed by atoms with E-state index in [0.29, 0.717) is 6.42 Å². The third-order valence-electron chi connectivity index (χ3n) is 4.82. The first-order chi connectivity index (χ1) is 14.1. The van der Waals surface area contributed by atoms with Crippen LogP contribution in [0.3, 0.4) is 0 Å². The number of carbonyl (C=O) groups is 4. The molecule has 4 amide bonds. The van der Waals surface area contributed by atoms with Crippen LogP contribution in [0.1, 0.15) is 44.7 Å². The average molecular weight is 422 g/mol.